The quantitative estimate of drug-likeness (QED) is 0.842. The number of hydrogen-bond acceptors (Lipinski definition) is 3. The first-order valence-corrected chi connectivity index (χ1v) is 6.91. The fourth-order valence-corrected chi connectivity index (χ4v) is 2.24. The Morgan fingerprint density at radius 3 is 2.00 bits per heavy atom. The molecule has 0 fully saturated rings. The highest BCUT2D eigenvalue weighted by molar-refractivity contribution is 5.24. The van der Waals surface area contributed by atoms with Crippen LogP contribution in [0.3, 0.4) is 0 Å². The van der Waals surface area contributed by atoms with Gasteiger partial charge in [0, 0.05) is 11.4 Å². The first-order chi connectivity index (χ1) is 8.40. The van der Waals surface area contributed by atoms with Crippen molar-refractivity contribution in [3.05, 3.63) is 22.8 Å². The Bertz CT molecular complexity index is 362. The van der Waals surface area contributed by atoms with Gasteiger partial charge in [0.25, 0.3) is 0 Å². The SMILES string of the molecule is Cc1nc(C)c(CC(C)CNCC(C)C)c(C)n1. The van der Waals surface area contributed by atoms with Crippen LogP contribution in [0.5, 0.6) is 0 Å². The van der Waals surface area contributed by atoms with Gasteiger partial charge in [-0.2, -0.15) is 0 Å². The van der Waals surface area contributed by atoms with Crippen molar-refractivity contribution < 1.29 is 0 Å². The molecule has 1 rings (SSSR count). The van der Waals surface area contributed by atoms with Gasteiger partial charge in [0.05, 0.1) is 0 Å². The zero-order valence-corrected chi connectivity index (χ0v) is 12.7. The van der Waals surface area contributed by atoms with Crippen molar-refractivity contribution in [2.24, 2.45) is 11.8 Å². The molecule has 102 valence electrons. The Morgan fingerprint density at radius 2 is 1.50 bits per heavy atom. The Morgan fingerprint density at radius 1 is 0.944 bits per heavy atom. The second-order valence-corrected chi connectivity index (χ2v) is 5.78. The van der Waals surface area contributed by atoms with E-state index in [1.54, 1.807) is 0 Å². The van der Waals surface area contributed by atoms with Gasteiger partial charge in [-0.15, -0.1) is 0 Å². The van der Waals surface area contributed by atoms with Crippen molar-refractivity contribution in [1.29, 1.82) is 0 Å². The molecule has 0 aliphatic heterocycles. The monoisotopic (exact) mass is 249 g/mol. The summed E-state index contributed by atoms with van der Waals surface area (Å²) >= 11 is 0. The van der Waals surface area contributed by atoms with Crippen LogP contribution in [0, 0.1) is 32.6 Å². The van der Waals surface area contributed by atoms with Gasteiger partial charge in [-0.25, -0.2) is 9.97 Å². The molecule has 18 heavy (non-hydrogen) atoms. The first kappa shape index (κ1) is 15.1. The van der Waals surface area contributed by atoms with E-state index >= 15 is 0 Å². The van der Waals surface area contributed by atoms with Crippen molar-refractivity contribution in [1.82, 2.24) is 15.3 Å². The van der Waals surface area contributed by atoms with E-state index in [9.17, 15) is 0 Å². The summed E-state index contributed by atoms with van der Waals surface area (Å²) in [6, 6.07) is 0. The summed E-state index contributed by atoms with van der Waals surface area (Å²) < 4.78 is 0. The molecule has 1 aromatic heterocycles. The van der Waals surface area contributed by atoms with Gasteiger partial charge in [-0.3, -0.25) is 0 Å². The second kappa shape index (κ2) is 6.83. The molecule has 0 aliphatic rings. The van der Waals surface area contributed by atoms with E-state index in [1.807, 2.05) is 6.92 Å². The smallest absolute Gasteiger partial charge is 0.125 e. The fourth-order valence-electron chi connectivity index (χ4n) is 2.24. The van der Waals surface area contributed by atoms with Gasteiger partial charge in [0.1, 0.15) is 5.82 Å². The van der Waals surface area contributed by atoms with Crippen LogP contribution in [0.15, 0.2) is 0 Å². The minimum atomic E-state index is 0.618. The van der Waals surface area contributed by atoms with Crippen molar-refractivity contribution in [3.63, 3.8) is 0 Å². The highest BCUT2D eigenvalue weighted by atomic mass is 14.9. The maximum Gasteiger partial charge on any atom is 0.125 e. The molecule has 0 spiro atoms. The van der Waals surface area contributed by atoms with Crippen LogP contribution >= 0.6 is 0 Å². The van der Waals surface area contributed by atoms with E-state index in [0.29, 0.717) is 11.8 Å². The van der Waals surface area contributed by atoms with Crippen molar-refractivity contribution >= 4 is 0 Å². The average Bonchev–Trinajstić information content (AvgIpc) is 2.22. The zero-order chi connectivity index (χ0) is 13.7. The van der Waals surface area contributed by atoms with Crippen LogP contribution in [-0.2, 0) is 6.42 Å². The maximum absolute atomic E-state index is 4.46. The molecule has 0 radical (unpaired) electrons. The van der Waals surface area contributed by atoms with Gasteiger partial charge in [-0.05, 0) is 57.7 Å². The van der Waals surface area contributed by atoms with Gasteiger partial charge < -0.3 is 5.32 Å². The lowest BCUT2D eigenvalue weighted by Gasteiger charge is -2.16. The molecular weight excluding hydrogens is 222 g/mol. The maximum atomic E-state index is 4.46. The van der Waals surface area contributed by atoms with Gasteiger partial charge in [0.15, 0.2) is 0 Å². The van der Waals surface area contributed by atoms with Gasteiger partial charge >= 0.3 is 0 Å². The zero-order valence-electron chi connectivity index (χ0n) is 12.7. The molecule has 1 aromatic rings. The Kier molecular flexibility index (Phi) is 5.73. The average molecular weight is 249 g/mol. The molecule has 0 aromatic carbocycles. The number of rotatable bonds is 6. The lowest BCUT2D eigenvalue weighted by molar-refractivity contribution is 0.471. The number of nitrogens with zero attached hydrogens (tertiary/aromatic N) is 2. The number of aryl methyl sites for hydroxylation is 3. The molecule has 1 atom stereocenters. The van der Waals surface area contributed by atoms with Gasteiger partial charge in [0.2, 0.25) is 0 Å². The fraction of sp³-hybridized carbons (Fsp3) is 0.733. The largest absolute Gasteiger partial charge is 0.316 e. The van der Waals surface area contributed by atoms with Crippen LogP contribution < -0.4 is 5.32 Å². The molecule has 3 heteroatoms. The van der Waals surface area contributed by atoms with Crippen molar-refractivity contribution in [2.45, 2.75) is 48.0 Å². The van der Waals surface area contributed by atoms with Crippen LogP contribution in [-0.4, -0.2) is 23.1 Å². The molecule has 0 aliphatic carbocycles. The third-order valence-electron chi connectivity index (χ3n) is 3.13. The van der Waals surface area contributed by atoms with Gasteiger partial charge in [-0.1, -0.05) is 20.8 Å². The second-order valence-electron chi connectivity index (χ2n) is 5.78. The Balaban J connectivity index is 2.56. The predicted molar refractivity (Wildman–Crippen MR) is 76.8 cm³/mol. The summed E-state index contributed by atoms with van der Waals surface area (Å²) in [6.45, 7) is 15.0. The Hall–Kier alpha value is -0.960. The highest BCUT2D eigenvalue weighted by Crippen LogP contribution is 2.15. The molecule has 0 saturated carbocycles. The van der Waals surface area contributed by atoms with E-state index in [2.05, 4.69) is 49.9 Å². The summed E-state index contributed by atoms with van der Waals surface area (Å²) in [5.74, 6) is 2.20. The van der Waals surface area contributed by atoms with Crippen LogP contribution in [0.2, 0.25) is 0 Å². The molecule has 1 N–H and O–H groups in total. The van der Waals surface area contributed by atoms with Crippen LogP contribution in [0.4, 0.5) is 0 Å². The van der Waals surface area contributed by atoms with Crippen molar-refractivity contribution in [2.75, 3.05) is 13.1 Å². The third-order valence-corrected chi connectivity index (χ3v) is 3.13. The Labute approximate surface area is 111 Å². The minimum Gasteiger partial charge on any atom is -0.316 e. The first-order valence-electron chi connectivity index (χ1n) is 6.91. The van der Waals surface area contributed by atoms with Crippen LogP contribution in [0.1, 0.15) is 43.5 Å². The topological polar surface area (TPSA) is 37.8 Å². The van der Waals surface area contributed by atoms with E-state index in [0.717, 1.165) is 36.7 Å². The predicted octanol–water partition coefficient (Wildman–Crippen LogP) is 2.83. The van der Waals surface area contributed by atoms with Crippen LogP contribution in [0.25, 0.3) is 0 Å². The standard InChI is InChI=1S/C15H27N3/c1-10(2)8-16-9-11(3)7-15-12(4)17-14(6)18-13(15)5/h10-11,16H,7-9H2,1-6H3. The molecular formula is C15H27N3. The summed E-state index contributed by atoms with van der Waals surface area (Å²) in [5, 5.41) is 3.51. The molecule has 3 nitrogen and oxygen atoms in total. The normalized spacial score (nSPS) is 13.1. The highest BCUT2D eigenvalue weighted by Gasteiger charge is 2.11. The molecule has 0 amide bonds. The number of hydrogen-bond donors (Lipinski definition) is 1. The summed E-state index contributed by atoms with van der Waals surface area (Å²) in [4.78, 5) is 8.93. The summed E-state index contributed by atoms with van der Waals surface area (Å²) in [6.07, 6.45) is 1.06. The molecule has 1 heterocycles. The molecule has 0 bridgehead atoms. The minimum absolute atomic E-state index is 0.618. The lowest BCUT2D eigenvalue weighted by Crippen LogP contribution is -2.26. The third kappa shape index (κ3) is 4.73. The number of nitrogens with one attached hydrogen (secondary N) is 1. The number of aromatic nitrogens is 2. The molecule has 0 saturated heterocycles. The van der Waals surface area contributed by atoms with Crippen molar-refractivity contribution in [3.8, 4) is 0 Å². The van der Waals surface area contributed by atoms with E-state index in [4.69, 9.17) is 0 Å². The van der Waals surface area contributed by atoms with E-state index in [1.165, 1.54) is 5.56 Å². The van der Waals surface area contributed by atoms with E-state index < -0.39 is 0 Å². The summed E-state index contributed by atoms with van der Waals surface area (Å²) in [5.41, 5.74) is 3.59. The van der Waals surface area contributed by atoms with E-state index in [-0.39, 0.29) is 0 Å². The molecule has 1 unspecified atom stereocenters. The lowest BCUT2D eigenvalue weighted by atomic mass is 9.98. The summed E-state index contributed by atoms with van der Waals surface area (Å²) in [7, 11) is 0.